The second-order valence-electron chi connectivity index (χ2n) is 4.96. The average molecular weight is 391 g/mol. The molecule has 2 aromatic carbocycles. The van der Waals surface area contributed by atoms with Gasteiger partial charge in [-0.15, -0.1) is 5.10 Å². The normalized spacial score (nSPS) is 10.5. The Morgan fingerprint density at radius 2 is 2.08 bits per heavy atom. The lowest BCUT2D eigenvalue weighted by Crippen LogP contribution is -2.15. The van der Waals surface area contributed by atoms with Crippen LogP contribution in [0.1, 0.15) is 0 Å². The molecule has 0 spiro atoms. The van der Waals surface area contributed by atoms with Crippen molar-refractivity contribution in [3.05, 3.63) is 63.7 Å². The summed E-state index contributed by atoms with van der Waals surface area (Å²) in [5, 5.41) is 25.8. The smallest absolute Gasteiger partial charge is 0.292 e. The van der Waals surface area contributed by atoms with E-state index in [1.165, 1.54) is 22.9 Å². The number of hydrogen-bond acceptors (Lipinski definition) is 7. The zero-order chi connectivity index (χ0) is 18.5. The Hall–Kier alpha value is -2.98. The lowest BCUT2D eigenvalue weighted by Gasteiger charge is -2.06. The van der Waals surface area contributed by atoms with Crippen LogP contribution < -0.4 is 5.32 Å². The van der Waals surface area contributed by atoms with Crippen molar-refractivity contribution in [3.63, 3.8) is 0 Å². The van der Waals surface area contributed by atoms with Crippen molar-refractivity contribution in [2.45, 2.75) is 5.16 Å². The highest BCUT2D eigenvalue weighted by Gasteiger charge is 2.16. The van der Waals surface area contributed by atoms with E-state index in [9.17, 15) is 14.9 Å². The van der Waals surface area contributed by atoms with Crippen LogP contribution in [0.25, 0.3) is 5.69 Å². The summed E-state index contributed by atoms with van der Waals surface area (Å²) in [5.41, 5.74) is 0.622. The van der Waals surface area contributed by atoms with Gasteiger partial charge in [0.15, 0.2) is 0 Å². The zero-order valence-electron chi connectivity index (χ0n) is 13.1. The van der Waals surface area contributed by atoms with Gasteiger partial charge in [-0.2, -0.15) is 4.68 Å². The molecule has 9 nitrogen and oxygen atoms in total. The topological polar surface area (TPSA) is 116 Å². The number of nitro benzene ring substituents is 1. The Kier molecular flexibility index (Phi) is 5.44. The molecule has 11 heteroatoms. The first-order valence-electron chi connectivity index (χ1n) is 7.25. The van der Waals surface area contributed by atoms with Gasteiger partial charge >= 0.3 is 0 Å². The monoisotopic (exact) mass is 390 g/mol. The molecule has 132 valence electrons. The van der Waals surface area contributed by atoms with E-state index in [-0.39, 0.29) is 17.1 Å². The van der Waals surface area contributed by atoms with Crippen LogP contribution in [0.5, 0.6) is 0 Å². The summed E-state index contributed by atoms with van der Waals surface area (Å²) in [6, 6.07) is 12.9. The van der Waals surface area contributed by atoms with Crippen LogP contribution in [0.2, 0.25) is 5.02 Å². The molecule has 0 bridgehead atoms. The number of halogens is 1. The average Bonchev–Trinajstić information content (AvgIpc) is 3.09. The molecule has 1 N–H and O–H groups in total. The molecule has 0 unspecified atom stereocenters. The van der Waals surface area contributed by atoms with Crippen molar-refractivity contribution in [3.8, 4) is 5.69 Å². The van der Waals surface area contributed by atoms with E-state index in [0.29, 0.717) is 15.9 Å². The van der Waals surface area contributed by atoms with Crippen molar-refractivity contribution in [1.82, 2.24) is 20.2 Å². The van der Waals surface area contributed by atoms with Crippen molar-refractivity contribution in [2.24, 2.45) is 0 Å². The summed E-state index contributed by atoms with van der Waals surface area (Å²) in [6.07, 6.45) is 0. The molecule has 0 saturated carbocycles. The van der Waals surface area contributed by atoms with Crippen molar-refractivity contribution < 1.29 is 9.72 Å². The third-order valence-electron chi connectivity index (χ3n) is 3.20. The first-order valence-corrected chi connectivity index (χ1v) is 8.61. The molecule has 0 aliphatic rings. The fourth-order valence-corrected chi connectivity index (χ4v) is 2.97. The van der Waals surface area contributed by atoms with Gasteiger partial charge in [-0.05, 0) is 34.7 Å². The number of carbonyl (C=O) groups excluding carboxylic acids is 1. The van der Waals surface area contributed by atoms with Gasteiger partial charge in [-0.1, -0.05) is 41.6 Å². The number of anilines is 1. The first-order chi connectivity index (χ1) is 12.5. The Morgan fingerprint density at radius 1 is 1.27 bits per heavy atom. The molecular formula is C15H11ClN6O3S. The van der Waals surface area contributed by atoms with E-state index in [4.69, 9.17) is 11.6 Å². The van der Waals surface area contributed by atoms with Crippen LogP contribution in [0.4, 0.5) is 11.4 Å². The number of nitro groups is 1. The minimum Gasteiger partial charge on any atom is -0.320 e. The molecular weight excluding hydrogens is 380 g/mol. The van der Waals surface area contributed by atoms with Gasteiger partial charge < -0.3 is 5.32 Å². The number of rotatable bonds is 6. The van der Waals surface area contributed by atoms with Gasteiger partial charge in [-0.3, -0.25) is 14.9 Å². The fraction of sp³-hybridized carbons (Fsp3) is 0.0667. The molecule has 0 radical (unpaired) electrons. The maximum atomic E-state index is 12.1. The quantitative estimate of drug-likeness (QED) is 0.390. The van der Waals surface area contributed by atoms with E-state index < -0.39 is 10.8 Å². The predicted octanol–water partition coefficient (Wildman–Crippen LogP) is 2.95. The summed E-state index contributed by atoms with van der Waals surface area (Å²) in [4.78, 5) is 22.6. The fourth-order valence-electron chi connectivity index (χ4n) is 2.09. The maximum absolute atomic E-state index is 12.1. The molecule has 3 aromatic rings. The highest BCUT2D eigenvalue weighted by molar-refractivity contribution is 7.99. The van der Waals surface area contributed by atoms with Crippen LogP contribution in [0.3, 0.4) is 0 Å². The third kappa shape index (κ3) is 4.16. The minimum absolute atomic E-state index is 0.0208. The Balaban J connectivity index is 1.68. The summed E-state index contributed by atoms with van der Waals surface area (Å²) in [6.45, 7) is 0. The van der Waals surface area contributed by atoms with E-state index in [1.54, 1.807) is 30.3 Å². The SMILES string of the molecule is O=C(CSc1nnnn1-c1cccc(Cl)c1)Nc1ccccc1[N+](=O)[O-]. The van der Waals surface area contributed by atoms with E-state index in [0.717, 1.165) is 11.8 Å². The lowest BCUT2D eigenvalue weighted by molar-refractivity contribution is -0.383. The molecule has 3 rings (SSSR count). The Morgan fingerprint density at radius 3 is 2.85 bits per heavy atom. The van der Waals surface area contributed by atoms with E-state index in [2.05, 4.69) is 20.8 Å². The second kappa shape index (κ2) is 7.93. The maximum Gasteiger partial charge on any atom is 0.292 e. The number of nitrogens with one attached hydrogen (secondary N) is 1. The molecule has 0 aliphatic carbocycles. The van der Waals surface area contributed by atoms with Gasteiger partial charge in [0.1, 0.15) is 5.69 Å². The molecule has 0 fully saturated rings. The molecule has 1 amide bonds. The predicted molar refractivity (Wildman–Crippen MR) is 96.6 cm³/mol. The number of hydrogen-bond donors (Lipinski definition) is 1. The highest BCUT2D eigenvalue weighted by Crippen LogP contribution is 2.24. The number of nitrogens with zero attached hydrogens (tertiary/aromatic N) is 5. The summed E-state index contributed by atoms with van der Waals surface area (Å²) in [5.74, 6) is -0.433. The minimum atomic E-state index is -0.553. The Bertz CT molecular complexity index is 964. The lowest BCUT2D eigenvalue weighted by atomic mass is 10.2. The number of para-hydroxylation sites is 2. The van der Waals surface area contributed by atoms with Crippen molar-refractivity contribution in [2.75, 3.05) is 11.1 Å². The largest absolute Gasteiger partial charge is 0.320 e. The molecule has 1 heterocycles. The summed E-state index contributed by atoms with van der Waals surface area (Å²) in [7, 11) is 0. The van der Waals surface area contributed by atoms with Crippen molar-refractivity contribution >= 4 is 40.6 Å². The van der Waals surface area contributed by atoms with Crippen LogP contribution in [-0.4, -0.2) is 36.8 Å². The molecule has 0 atom stereocenters. The number of tetrazole rings is 1. The number of thioether (sulfide) groups is 1. The van der Waals surface area contributed by atoms with Gasteiger partial charge in [0, 0.05) is 11.1 Å². The standard InChI is InChI=1S/C15H11ClN6O3S/c16-10-4-3-5-11(8-10)21-15(18-19-20-21)26-9-14(23)17-12-6-1-2-7-13(12)22(24)25/h1-8H,9H2,(H,17,23). The summed E-state index contributed by atoms with van der Waals surface area (Å²) < 4.78 is 1.45. The number of carbonyl (C=O) groups is 1. The third-order valence-corrected chi connectivity index (χ3v) is 4.36. The molecule has 1 aromatic heterocycles. The van der Waals surface area contributed by atoms with Crippen LogP contribution >= 0.6 is 23.4 Å². The number of aromatic nitrogens is 4. The summed E-state index contributed by atoms with van der Waals surface area (Å²) >= 11 is 7.06. The first kappa shape index (κ1) is 17.8. The number of amides is 1. The van der Waals surface area contributed by atoms with Gasteiger partial charge in [0.25, 0.3) is 5.69 Å². The second-order valence-corrected chi connectivity index (χ2v) is 6.34. The van der Waals surface area contributed by atoms with Gasteiger partial charge in [0.05, 0.1) is 16.4 Å². The van der Waals surface area contributed by atoms with Crippen molar-refractivity contribution in [1.29, 1.82) is 0 Å². The van der Waals surface area contributed by atoms with E-state index >= 15 is 0 Å². The molecule has 0 saturated heterocycles. The zero-order valence-corrected chi connectivity index (χ0v) is 14.6. The molecule has 0 aliphatic heterocycles. The Labute approximate surface area is 156 Å². The molecule has 26 heavy (non-hydrogen) atoms. The number of benzene rings is 2. The van der Waals surface area contributed by atoms with Crippen LogP contribution in [0.15, 0.2) is 53.7 Å². The van der Waals surface area contributed by atoms with E-state index in [1.807, 2.05) is 0 Å². The van der Waals surface area contributed by atoms with Gasteiger partial charge in [0.2, 0.25) is 11.1 Å². The highest BCUT2D eigenvalue weighted by atomic mass is 35.5. The van der Waals surface area contributed by atoms with Gasteiger partial charge in [-0.25, -0.2) is 0 Å². The van der Waals surface area contributed by atoms with Crippen LogP contribution in [0, 0.1) is 10.1 Å². The van der Waals surface area contributed by atoms with Crippen LogP contribution in [-0.2, 0) is 4.79 Å².